The lowest BCUT2D eigenvalue weighted by Gasteiger charge is -1.93. The molecule has 0 unspecified atom stereocenters. The van der Waals surface area contributed by atoms with Crippen LogP contribution in [0.3, 0.4) is 0 Å². The summed E-state index contributed by atoms with van der Waals surface area (Å²) in [6.45, 7) is 0. The van der Waals surface area contributed by atoms with E-state index in [0.717, 1.165) is 10.0 Å². The number of benzene rings is 2. The maximum absolute atomic E-state index is 11.8. The molecule has 2 rings (SSSR count). The maximum atomic E-state index is 11.8. The topological polar surface area (TPSA) is 17.1 Å². The summed E-state index contributed by atoms with van der Waals surface area (Å²) in [6, 6.07) is 17.2. The molecule has 2 heteroatoms. The van der Waals surface area contributed by atoms with Crippen molar-refractivity contribution in [1.29, 1.82) is 0 Å². The molecule has 0 atom stereocenters. The number of carbonyl (C=O) groups excluding carboxylic acids is 1. The quantitative estimate of drug-likeness (QED) is 0.446. The number of hydrogen-bond donors (Lipinski definition) is 0. The minimum atomic E-state index is 0.0149. The molecule has 94 valence electrons. The third kappa shape index (κ3) is 4.34. The van der Waals surface area contributed by atoms with Gasteiger partial charge in [0.1, 0.15) is 0 Å². The number of ketones is 1. The average molecular weight is 313 g/mol. The second kappa shape index (κ2) is 6.86. The van der Waals surface area contributed by atoms with Gasteiger partial charge in [0.15, 0.2) is 5.78 Å². The molecule has 0 saturated heterocycles. The van der Waals surface area contributed by atoms with E-state index >= 15 is 0 Å². The van der Waals surface area contributed by atoms with E-state index in [1.807, 2.05) is 66.7 Å². The van der Waals surface area contributed by atoms with Gasteiger partial charge in [-0.05, 0) is 23.8 Å². The van der Waals surface area contributed by atoms with E-state index in [2.05, 4.69) is 15.9 Å². The molecule has 2 aromatic carbocycles. The van der Waals surface area contributed by atoms with Gasteiger partial charge in [0.2, 0.25) is 0 Å². The smallest absolute Gasteiger partial charge is 0.185 e. The average Bonchev–Trinajstić information content (AvgIpc) is 2.46. The second-order valence-corrected chi connectivity index (χ2v) is 4.92. The van der Waals surface area contributed by atoms with Crippen molar-refractivity contribution in [2.45, 2.75) is 0 Å². The lowest BCUT2D eigenvalue weighted by molar-refractivity contribution is 0.104. The molecular formula is C17H13BrO. The molecule has 1 nitrogen and oxygen atoms in total. The Balaban J connectivity index is 1.97. The predicted molar refractivity (Wildman–Crippen MR) is 83.1 cm³/mol. The zero-order valence-corrected chi connectivity index (χ0v) is 11.9. The molecule has 0 fully saturated rings. The number of hydrogen-bond acceptors (Lipinski definition) is 1. The molecule has 0 aliphatic heterocycles. The van der Waals surface area contributed by atoms with Crippen molar-refractivity contribution < 1.29 is 4.79 Å². The van der Waals surface area contributed by atoms with Crippen molar-refractivity contribution in [3.05, 3.63) is 88.4 Å². The monoisotopic (exact) mass is 312 g/mol. The van der Waals surface area contributed by atoms with E-state index < -0.39 is 0 Å². The van der Waals surface area contributed by atoms with Gasteiger partial charge in [-0.25, -0.2) is 0 Å². The summed E-state index contributed by atoms with van der Waals surface area (Å²) in [7, 11) is 0. The Morgan fingerprint density at radius 1 is 0.895 bits per heavy atom. The van der Waals surface area contributed by atoms with Gasteiger partial charge in [0.05, 0.1) is 0 Å². The number of rotatable bonds is 4. The summed E-state index contributed by atoms with van der Waals surface area (Å²) in [5, 5.41) is 0. The summed E-state index contributed by atoms with van der Waals surface area (Å²) in [5.41, 5.74) is 1.80. The van der Waals surface area contributed by atoms with E-state index in [4.69, 9.17) is 0 Å². The molecule has 0 N–H and O–H groups in total. The standard InChI is InChI=1S/C17H13BrO/c18-16-12-10-14(11-13-16)6-4-5-9-17(19)15-7-2-1-3-8-15/h1-13H. The first kappa shape index (κ1) is 13.5. The van der Waals surface area contributed by atoms with Crippen molar-refractivity contribution in [2.24, 2.45) is 0 Å². The Bertz CT molecular complexity index is 595. The van der Waals surface area contributed by atoms with Gasteiger partial charge in [-0.2, -0.15) is 0 Å². The molecule has 0 aromatic heterocycles. The van der Waals surface area contributed by atoms with Crippen molar-refractivity contribution in [1.82, 2.24) is 0 Å². The van der Waals surface area contributed by atoms with Crippen LogP contribution in [0.15, 0.2) is 77.3 Å². The first-order valence-electron chi connectivity index (χ1n) is 5.95. The Hall–Kier alpha value is -1.93. The third-order valence-electron chi connectivity index (χ3n) is 2.58. The van der Waals surface area contributed by atoms with Crippen LogP contribution in [0.1, 0.15) is 15.9 Å². The number of carbonyl (C=O) groups is 1. The van der Waals surface area contributed by atoms with Gasteiger partial charge in [-0.3, -0.25) is 4.79 Å². The molecule has 0 spiro atoms. The highest BCUT2D eigenvalue weighted by molar-refractivity contribution is 9.10. The molecule has 0 aliphatic rings. The zero-order valence-electron chi connectivity index (χ0n) is 10.3. The Morgan fingerprint density at radius 2 is 1.58 bits per heavy atom. The summed E-state index contributed by atoms with van der Waals surface area (Å²) < 4.78 is 1.06. The van der Waals surface area contributed by atoms with Gasteiger partial charge in [0.25, 0.3) is 0 Å². The van der Waals surface area contributed by atoms with Crippen LogP contribution in [-0.2, 0) is 0 Å². The maximum Gasteiger partial charge on any atom is 0.185 e. The fourth-order valence-electron chi connectivity index (χ4n) is 1.58. The van der Waals surface area contributed by atoms with Crippen LogP contribution >= 0.6 is 15.9 Å². The molecule has 0 bridgehead atoms. The van der Waals surface area contributed by atoms with Crippen LogP contribution in [-0.4, -0.2) is 5.78 Å². The van der Waals surface area contributed by atoms with Gasteiger partial charge in [-0.1, -0.05) is 76.6 Å². The highest BCUT2D eigenvalue weighted by atomic mass is 79.9. The van der Waals surface area contributed by atoms with Crippen LogP contribution in [0.4, 0.5) is 0 Å². The van der Waals surface area contributed by atoms with Crippen LogP contribution in [0.2, 0.25) is 0 Å². The number of allylic oxidation sites excluding steroid dienone is 3. The molecule has 0 amide bonds. The molecule has 0 saturated carbocycles. The fourth-order valence-corrected chi connectivity index (χ4v) is 1.85. The summed E-state index contributed by atoms with van der Waals surface area (Å²) >= 11 is 3.39. The van der Waals surface area contributed by atoms with Crippen LogP contribution < -0.4 is 0 Å². The summed E-state index contributed by atoms with van der Waals surface area (Å²) in [5.74, 6) is 0.0149. The number of halogens is 1. The largest absolute Gasteiger partial charge is 0.289 e. The molecule has 19 heavy (non-hydrogen) atoms. The first-order chi connectivity index (χ1) is 9.25. The van der Waals surface area contributed by atoms with Crippen molar-refractivity contribution in [3.63, 3.8) is 0 Å². The van der Waals surface area contributed by atoms with Crippen molar-refractivity contribution in [2.75, 3.05) is 0 Å². The molecular weight excluding hydrogens is 300 g/mol. The Labute approximate surface area is 121 Å². The molecule has 0 radical (unpaired) electrons. The summed E-state index contributed by atoms with van der Waals surface area (Å²) in [4.78, 5) is 11.8. The Morgan fingerprint density at radius 3 is 2.26 bits per heavy atom. The molecule has 0 heterocycles. The Kier molecular flexibility index (Phi) is 4.87. The van der Waals surface area contributed by atoms with Gasteiger partial charge in [0, 0.05) is 10.0 Å². The normalized spacial score (nSPS) is 11.2. The highest BCUT2D eigenvalue weighted by Crippen LogP contribution is 2.11. The minimum Gasteiger partial charge on any atom is -0.289 e. The lowest BCUT2D eigenvalue weighted by Crippen LogP contribution is -1.92. The zero-order chi connectivity index (χ0) is 13.5. The van der Waals surface area contributed by atoms with Gasteiger partial charge < -0.3 is 0 Å². The van der Waals surface area contributed by atoms with Crippen molar-refractivity contribution >= 4 is 27.8 Å². The lowest BCUT2D eigenvalue weighted by atomic mass is 10.1. The van der Waals surface area contributed by atoms with Crippen LogP contribution in [0.25, 0.3) is 6.08 Å². The van der Waals surface area contributed by atoms with Crippen LogP contribution in [0, 0.1) is 0 Å². The van der Waals surface area contributed by atoms with E-state index in [1.54, 1.807) is 12.2 Å². The van der Waals surface area contributed by atoms with E-state index in [0.29, 0.717) is 5.56 Å². The van der Waals surface area contributed by atoms with Gasteiger partial charge >= 0.3 is 0 Å². The summed E-state index contributed by atoms with van der Waals surface area (Å²) in [6.07, 6.45) is 7.16. The van der Waals surface area contributed by atoms with Crippen LogP contribution in [0.5, 0.6) is 0 Å². The van der Waals surface area contributed by atoms with E-state index in [-0.39, 0.29) is 5.78 Å². The second-order valence-electron chi connectivity index (χ2n) is 4.00. The fraction of sp³-hybridized carbons (Fsp3) is 0. The van der Waals surface area contributed by atoms with Gasteiger partial charge in [-0.15, -0.1) is 0 Å². The van der Waals surface area contributed by atoms with Crippen molar-refractivity contribution in [3.8, 4) is 0 Å². The predicted octanol–water partition coefficient (Wildman–Crippen LogP) is 4.90. The van der Waals surface area contributed by atoms with E-state index in [9.17, 15) is 4.79 Å². The minimum absolute atomic E-state index is 0.0149. The SMILES string of the molecule is O=C(C=CC=Cc1ccc(Br)cc1)c1ccccc1. The first-order valence-corrected chi connectivity index (χ1v) is 6.75. The van der Waals surface area contributed by atoms with E-state index in [1.165, 1.54) is 0 Å². The third-order valence-corrected chi connectivity index (χ3v) is 3.10. The molecule has 2 aromatic rings. The molecule has 0 aliphatic carbocycles. The highest BCUT2D eigenvalue weighted by Gasteiger charge is 1.97.